The number of likely N-dealkylation sites (tertiary alicyclic amines) is 2. The fourth-order valence-corrected chi connectivity index (χ4v) is 3.97. The van der Waals surface area contributed by atoms with Crippen molar-refractivity contribution in [2.45, 2.75) is 38.6 Å². The van der Waals surface area contributed by atoms with E-state index in [1.54, 1.807) is 7.11 Å². The number of piperidine rings is 1. The molecule has 1 aromatic rings. The van der Waals surface area contributed by atoms with E-state index in [0.29, 0.717) is 19.4 Å². The molecule has 5 heteroatoms. The summed E-state index contributed by atoms with van der Waals surface area (Å²) in [5, 5.41) is 0. The highest BCUT2D eigenvalue weighted by Gasteiger charge is 2.41. The van der Waals surface area contributed by atoms with Gasteiger partial charge in [-0.25, -0.2) is 0 Å². The van der Waals surface area contributed by atoms with E-state index in [2.05, 4.69) is 0 Å². The van der Waals surface area contributed by atoms with Crippen LogP contribution in [-0.2, 0) is 9.59 Å². The van der Waals surface area contributed by atoms with Crippen LogP contribution in [0.1, 0.15) is 44.2 Å². The van der Waals surface area contributed by atoms with Crippen LogP contribution in [0.3, 0.4) is 0 Å². The van der Waals surface area contributed by atoms with Gasteiger partial charge in [0.1, 0.15) is 5.75 Å². The van der Waals surface area contributed by atoms with E-state index in [9.17, 15) is 9.59 Å². The number of hydrogen-bond donors (Lipinski definition) is 0. The Balaban J connectivity index is 1.92. The standard InChI is InChI=1S/C19H26N2O3/c1-3-21-17(22)11-10-16(19(23)20-12-4-5-13-20)18(21)14-6-8-15(24-2)9-7-14/h6-9,16,18H,3-5,10-13H2,1-2H3/t16-,18+/m1/s1. The smallest absolute Gasteiger partial charge is 0.228 e. The Bertz CT molecular complexity index is 593. The minimum atomic E-state index is -0.171. The highest BCUT2D eigenvalue weighted by molar-refractivity contribution is 5.85. The van der Waals surface area contributed by atoms with Crippen LogP contribution in [-0.4, -0.2) is 48.4 Å². The number of ether oxygens (including phenoxy) is 1. The molecule has 2 amide bonds. The molecule has 3 rings (SSSR count). The van der Waals surface area contributed by atoms with Crippen LogP contribution in [0.4, 0.5) is 0 Å². The van der Waals surface area contributed by atoms with E-state index >= 15 is 0 Å². The Morgan fingerprint density at radius 3 is 2.46 bits per heavy atom. The molecule has 0 aromatic heterocycles. The number of methoxy groups -OCH3 is 1. The average Bonchev–Trinajstić information content (AvgIpc) is 3.15. The van der Waals surface area contributed by atoms with Gasteiger partial charge < -0.3 is 14.5 Å². The number of benzene rings is 1. The first-order valence-corrected chi connectivity index (χ1v) is 8.88. The summed E-state index contributed by atoms with van der Waals surface area (Å²) in [6.07, 6.45) is 3.27. The summed E-state index contributed by atoms with van der Waals surface area (Å²) in [6.45, 7) is 4.31. The van der Waals surface area contributed by atoms with Crippen LogP contribution < -0.4 is 4.74 Å². The molecular formula is C19H26N2O3. The molecule has 0 radical (unpaired) electrons. The Kier molecular flexibility index (Phi) is 5.07. The third kappa shape index (κ3) is 3.12. The van der Waals surface area contributed by atoms with Crippen molar-refractivity contribution in [3.05, 3.63) is 29.8 Å². The fraction of sp³-hybridized carbons (Fsp3) is 0.579. The van der Waals surface area contributed by atoms with Gasteiger partial charge >= 0.3 is 0 Å². The molecular weight excluding hydrogens is 304 g/mol. The number of carbonyl (C=O) groups is 2. The number of amides is 2. The molecule has 2 atom stereocenters. The van der Waals surface area contributed by atoms with Gasteiger partial charge in [0, 0.05) is 26.1 Å². The predicted molar refractivity (Wildman–Crippen MR) is 91.7 cm³/mol. The molecule has 0 saturated carbocycles. The van der Waals surface area contributed by atoms with Crippen molar-refractivity contribution in [3.63, 3.8) is 0 Å². The number of hydrogen-bond acceptors (Lipinski definition) is 3. The zero-order chi connectivity index (χ0) is 17.1. The maximum absolute atomic E-state index is 13.0. The number of nitrogens with zero attached hydrogens (tertiary/aromatic N) is 2. The first-order valence-electron chi connectivity index (χ1n) is 8.88. The largest absolute Gasteiger partial charge is 0.497 e. The van der Waals surface area contributed by atoms with Crippen LogP contribution in [0.25, 0.3) is 0 Å². The SMILES string of the molecule is CCN1C(=O)CC[C@@H](C(=O)N2CCCC2)[C@@H]1c1ccc(OC)cc1. The second-order valence-corrected chi connectivity index (χ2v) is 6.58. The van der Waals surface area contributed by atoms with E-state index in [1.807, 2.05) is 41.0 Å². The fourth-order valence-electron chi connectivity index (χ4n) is 3.97. The molecule has 2 saturated heterocycles. The third-order valence-electron chi connectivity index (χ3n) is 5.24. The summed E-state index contributed by atoms with van der Waals surface area (Å²) >= 11 is 0. The maximum atomic E-state index is 13.0. The monoisotopic (exact) mass is 330 g/mol. The van der Waals surface area contributed by atoms with Gasteiger partial charge in [0.25, 0.3) is 0 Å². The van der Waals surface area contributed by atoms with Crippen LogP contribution in [0.15, 0.2) is 24.3 Å². The topological polar surface area (TPSA) is 49.9 Å². The minimum Gasteiger partial charge on any atom is -0.497 e. The summed E-state index contributed by atoms with van der Waals surface area (Å²) in [7, 11) is 1.64. The lowest BCUT2D eigenvalue weighted by atomic mass is 9.83. The van der Waals surface area contributed by atoms with Crippen molar-refractivity contribution in [3.8, 4) is 5.75 Å². The molecule has 1 aromatic carbocycles. The maximum Gasteiger partial charge on any atom is 0.228 e. The molecule has 24 heavy (non-hydrogen) atoms. The second-order valence-electron chi connectivity index (χ2n) is 6.58. The third-order valence-corrected chi connectivity index (χ3v) is 5.24. The van der Waals surface area contributed by atoms with Gasteiger partial charge in [-0.1, -0.05) is 12.1 Å². The molecule has 0 unspecified atom stereocenters. The Morgan fingerprint density at radius 1 is 1.21 bits per heavy atom. The minimum absolute atomic E-state index is 0.142. The number of carbonyl (C=O) groups excluding carboxylic acids is 2. The molecule has 2 aliphatic rings. The molecule has 130 valence electrons. The molecule has 0 bridgehead atoms. The van der Waals surface area contributed by atoms with E-state index in [4.69, 9.17) is 4.74 Å². The first-order chi connectivity index (χ1) is 11.7. The van der Waals surface area contributed by atoms with Crippen LogP contribution in [0, 0.1) is 5.92 Å². The van der Waals surface area contributed by atoms with E-state index in [0.717, 1.165) is 37.2 Å². The Labute approximate surface area is 143 Å². The summed E-state index contributed by atoms with van der Waals surface area (Å²) in [6, 6.07) is 7.60. The molecule has 2 aliphatic heterocycles. The van der Waals surface area contributed by atoms with Crippen molar-refractivity contribution in [2.24, 2.45) is 5.92 Å². The van der Waals surface area contributed by atoms with E-state index < -0.39 is 0 Å². The van der Waals surface area contributed by atoms with Crippen molar-refractivity contribution in [2.75, 3.05) is 26.7 Å². The van der Waals surface area contributed by atoms with Gasteiger partial charge in [-0.2, -0.15) is 0 Å². The summed E-state index contributed by atoms with van der Waals surface area (Å²) < 4.78 is 5.23. The van der Waals surface area contributed by atoms with Gasteiger partial charge in [0.2, 0.25) is 11.8 Å². The van der Waals surface area contributed by atoms with Crippen molar-refractivity contribution < 1.29 is 14.3 Å². The summed E-state index contributed by atoms with van der Waals surface area (Å²) in [5.74, 6) is 0.989. The second kappa shape index (κ2) is 7.24. The Morgan fingerprint density at radius 2 is 1.88 bits per heavy atom. The highest BCUT2D eigenvalue weighted by atomic mass is 16.5. The van der Waals surface area contributed by atoms with Crippen molar-refractivity contribution in [1.29, 1.82) is 0 Å². The predicted octanol–water partition coefficient (Wildman–Crippen LogP) is 2.62. The summed E-state index contributed by atoms with van der Waals surface area (Å²) in [5.41, 5.74) is 1.02. The van der Waals surface area contributed by atoms with Crippen LogP contribution in [0.5, 0.6) is 5.75 Å². The number of rotatable bonds is 4. The lowest BCUT2D eigenvalue weighted by Crippen LogP contribution is -2.48. The quantitative estimate of drug-likeness (QED) is 0.853. The highest BCUT2D eigenvalue weighted by Crippen LogP contribution is 2.38. The average molecular weight is 330 g/mol. The zero-order valence-electron chi connectivity index (χ0n) is 14.5. The van der Waals surface area contributed by atoms with Crippen LogP contribution in [0.2, 0.25) is 0 Å². The molecule has 2 heterocycles. The molecule has 5 nitrogen and oxygen atoms in total. The van der Waals surface area contributed by atoms with Gasteiger partial charge in [-0.3, -0.25) is 9.59 Å². The molecule has 0 aliphatic carbocycles. The van der Waals surface area contributed by atoms with Crippen molar-refractivity contribution in [1.82, 2.24) is 9.80 Å². The first kappa shape index (κ1) is 16.8. The zero-order valence-corrected chi connectivity index (χ0v) is 14.5. The van der Waals surface area contributed by atoms with Gasteiger partial charge in [-0.15, -0.1) is 0 Å². The Hall–Kier alpha value is -2.04. The lowest BCUT2D eigenvalue weighted by Gasteiger charge is -2.41. The van der Waals surface area contributed by atoms with Gasteiger partial charge in [0.05, 0.1) is 19.1 Å². The van der Waals surface area contributed by atoms with E-state index in [-0.39, 0.29) is 23.8 Å². The van der Waals surface area contributed by atoms with Crippen LogP contribution >= 0.6 is 0 Å². The van der Waals surface area contributed by atoms with E-state index in [1.165, 1.54) is 0 Å². The van der Waals surface area contributed by atoms with Gasteiger partial charge in [-0.05, 0) is 43.9 Å². The molecule has 0 N–H and O–H groups in total. The molecule has 2 fully saturated rings. The normalized spacial score (nSPS) is 24.3. The van der Waals surface area contributed by atoms with Gasteiger partial charge in [0.15, 0.2) is 0 Å². The summed E-state index contributed by atoms with van der Waals surface area (Å²) in [4.78, 5) is 29.3. The van der Waals surface area contributed by atoms with Crippen molar-refractivity contribution >= 4 is 11.8 Å². The lowest BCUT2D eigenvalue weighted by molar-refractivity contribution is -0.147. The molecule has 0 spiro atoms.